The average molecular weight is 337 g/mol. The molecule has 0 saturated heterocycles. The van der Waals surface area contributed by atoms with Crippen LogP contribution in [0.1, 0.15) is 16.3 Å². The van der Waals surface area contributed by atoms with Crippen LogP contribution in [0.25, 0.3) is 0 Å². The van der Waals surface area contributed by atoms with Crippen molar-refractivity contribution in [3.8, 4) is 0 Å². The highest BCUT2D eigenvalue weighted by atomic mass is 35.5. The second-order valence-corrected chi connectivity index (χ2v) is 5.42. The number of halogens is 1. The first kappa shape index (κ1) is 17.1. The zero-order valence-electron chi connectivity index (χ0n) is 12.8. The van der Waals surface area contributed by atoms with Crippen molar-refractivity contribution in [3.05, 3.63) is 52.9 Å². The number of furan rings is 1. The van der Waals surface area contributed by atoms with Crippen LogP contribution in [0.3, 0.4) is 0 Å². The minimum Gasteiger partial charge on any atom is -0.463 e. The smallest absolute Gasteiger partial charge is 0.373 e. The van der Waals surface area contributed by atoms with E-state index in [1.807, 2.05) is 0 Å². The largest absolute Gasteiger partial charge is 0.463 e. The van der Waals surface area contributed by atoms with Crippen molar-refractivity contribution in [2.75, 3.05) is 26.0 Å². The predicted molar refractivity (Wildman–Crippen MR) is 86.5 cm³/mol. The number of amides is 1. The molecule has 6 nitrogen and oxygen atoms in total. The number of rotatable bonds is 6. The molecule has 0 radical (unpaired) electrons. The third kappa shape index (κ3) is 5.12. The van der Waals surface area contributed by atoms with Gasteiger partial charge >= 0.3 is 5.97 Å². The molecule has 0 aliphatic heterocycles. The maximum absolute atomic E-state index is 12.0. The maximum atomic E-state index is 12.0. The van der Waals surface area contributed by atoms with E-state index in [9.17, 15) is 9.59 Å². The summed E-state index contributed by atoms with van der Waals surface area (Å²) in [5.74, 6) is 0.0302. The summed E-state index contributed by atoms with van der Waals surface area (Å²) in [6, 6.07) is 10.1. The maximum Gasteiger partial charge on any atom is 0.373 e. The van der Waals surface area contributed by atoms with E-state index in [-0.39, 0.29) is 18.2 Å². The molecule has 1 heterocycles. The third-order valence-corrected chi connectivity index (χ3v) is 3.27. The van der Waals surface area contributed by atoms with E-state index in [0.29, 0.717) is 23.0 Å². The number of methoxy groups -OCH3 is 1. The number of benzene rings is 1. The van der Waals surface area contributed by atoms with Crippen LogP contribution in [0.2, 0.25) is 5.02 Å². The second kappa shape index (κ2) is 7.80. The van der Waals surface area contributed by atoms with Gasteiger partial charge in [-0.1, -0.05) is 11.6 Å². The van der Waals surface area contributed by atoms with Gasteiger partial charge in [-0.3, -0.25) is 9.69 Å². The van der Waals surface area contributed by atoms with Crippen molar-refractivity contribution in [2.45, 2.75) is 6.54 Å². The highest BCUT2D eigenvalue weighted by molar-refractivity contribution is 6.30. The van der Waals surface area contributed by atoms with Crippen LogP contribution < -0.4 is 5.32 Å². The highest BCUT2D eigenvalue weighted by Crippen LogP contribution is 2.14. The zero-order valence-corrected chi connectivity index (χ0v) is 13.6. The van der Waals surface area contributed by atoms with Crippen molar-refractivity contribution in [3.63, 3.8) is 0 Å². The van der Waals surface area contributed by atoms with Gasteiger partial charge in [0, 0.05) is 10.7 Å². The monoisotopic (exact) mass is 336 g/mol. The number of nitrogens with zero attached hydrogens (tertiary/aromatic N) is 1. The van der Waals surface area contributed by atoms with Gasteiger partial charge in [-0.05, 0) is 43.4 Å². The Morgan fingerprint density at radius 1 is 1.22 bits per heavy atom. The molecule has 23 heavy (non-hydrogen) atoms. The van der Waals surface area contributed by atoms with Gasteiger partial charge in [-0.2, -0.15) is 0 Å². The van der Waals surface area contributed by atoms with E-state index in [4.69, 9.17) is 16.0 Å². The van der Waals surface area contributed by atoms with E-state index in [2.05, 4.69) is 10.1 Å². The first-order chi connectivity index (χ1) is 11.0. The second-order valence-electron chi connectivity index (χ2n) is 4.98. The minimum atomic E-state index is -0.528. The van der Waals surface area contributed by atoms with Crippen molar-refractivity contribution in [1.29, 1.82) is 0 Å². The van der Waals surface area contributed by atoms with Crippen LogP contribution in [-0.2, 0) is 16.1 Å². The molecule has 0 aliphatic carbocycles. The van der Waals surface area contributed by atoms with Gasteiger partial charge in [-0.25, -0.2) is 4.79 Å². The third-order valence-electron chi connectivity index (χ3n) is 3.02. The lowest BCUT2D eigenvalue weighted by molar-refractivity contribution is -0.117. The predicted octanol–water partition coefficient (Wildman–Crippen LogP) is 2.79. The summed E-state index contributed by atoms with van der Waals surface area (Å²) in [5.41, 5.74) is 0.679. The molecule has 0 fully saturated rings. The average Bonchev–Trinajstić information content (AvgIpc) is 2.97. The number of likely N-dealkylation sites (N-methyl/N-ethyl adjacent to an activating group) is 1. The van der Waals surface area contributed by atoms with Crippen molar-refractivity contribution in [2.24, 2.45) is 0 Å². The van der Waals surface area contributed by atoms with Crippen molar-refractivity contribution < 1.29 is 18.7 Å². The summed E-state index contributed by atoms with van der Waals surface area (Å²) >= 11 is 5.79. The number of carbonyl (C=O) groups is 2. The first-order valence-electron chi connectivity index (χ1n) is 6.89. The molecule has 7 heteroatoms. The van der Waals surface area contributed by atoms with E-state index >= 15 is 0 Å². The topological polar surface area (TPSA) is 71.8 Å². The molecule has 2 aromatic rings. The summed E-state index contributed by atoms with van der Waals surface area (Å²) < 4.78 is 9.93. The molecular weight excluding hydrogens is 320 g/mol. The number of hydrogen-bond acceptors (Lipinski definition) is 5. The lowest BCUT2D eigenvalue weighted by Crippen LogP contribution is -2.29. The number of nitrogens with one attached hydrogen (secondary N) is 1. The fraction of sp³-hybridized carbons (Fsp3) is 0.250. The molecule has 1 N–H and O–H groups in total. The minimum absolute atomic E-state index is 0.140. The van der Waals surface area contributed by atoms with Gasteiger partial charge in [0.2, 0.25) is 11.7 Å². The summed E-state index contributed by atoms with van der Waals surface area (Å²) in [4.78, 5) is 25.1. The summed E-state index contributed by atoms with van der Waals surface area (Å²) in [6.07, 6.45) is 0. The van der Waals surface area contributed by atoms with Gasteiger partial charge in [0.15, 0.2) is 0 Å². The molecule has 1 aromatic heterocycles. The lowest BCUT2D eigenvalue weighted by atomic mass is 10.3. The SMILES string of the molecule is COC(=O)c1ccc(CN(C)CC(=O)Nc2ccc(Cl)cc2)o1. The fourth-order valence-electron chi connectivity index (χ4n) is 1.97. The highest BCUT2D eigenvalue weighted by Gasteiger charge is 2.13. The van der Waals surface area contributed by atoms with Crippen LogP contribution in [0.5, 0.6) is 0 Å². The fourth-order valence-corrected chi connectivity index (χ4v) is 2.10. The van der Waals surface area contributed by atoms with Crippen LogP contribution in [0.15, 0.2) is 40.8 Å². The van der Waals surface area contributed by atoms with Gasteiger partial charge in [0.25, 0.3) is 0 Å². The lowest BCUT2D eigenvalue weighted by Gasteiger charge is -2.14. The van der Waals surface area contributed by atoms with Crippen molar-refractivity contribution in [1.82, 2.24) is 4.90 Å². The molecule has 0 unspecified atom stereocenters. The quantitative estimate of drug-likeness (QED) is 0.821. The van der Waals surface area contributed by atoms with E-state index < -0.39 is 5.97 Å². The number of ether oxygens (including phenoxy) is 1. The van der Waals surface area contributed by atoms with E-state index in [1.165, 1.54) is 7.11 Å². The Kier molecular flexibility index (Phi) is 5.78. The number of anilines is 1. The Labute approximate surface area is 139 Å². The molecule has 122 valence electrons. The molecule has 0 atom stereocenters. The van der Waals surface area contributed by atoms with Gasteiger partial charge in [0.05, 0.1) is 20.2 Å². The molecular formula is C16H17ClN2O4. The Morgan fingerprint density at radius 2 is 1.91 bits per heavy atom. The number of carbonyl (C=O) groups excluding carboxylic acids is 2. The molecule has 0 aliphatic rings. The van der Waals surface area contributed by atoms with Crippen LogP contribution in [0.4, 0.5) is 5.69 Å². The normalized spacial score (nSPS) is 10.6. The molecule has 0 bridgehead atoms. The van der Waals surface area contributed by atoms with Crippen LogP contribution in [0, 0.1) is 0 Å². The van der Waals surface area contributed by atoms with Crippen LogP contribution >= 0.6 is 11.6 Å². The number of esters is 1. The first-order valence-corrected chi connectivity index (χ1v) is 7.26. The summed E-state index contributed by atoms with van der Waals surface area (Å²) in [7, 11) is 3.07. The summed E-state index contributed by atoms with van der Waals surface area (Å²) in [6.45, 7) is 0.571. The standard InChI is InChI=1S/C16H17ClN2O4/c1-19(9-13-7-8-14(23-13)16(21)22-2)10-15(20)18-12-5-3-11(17)4-6-12/h3-8H,9-10H2,1-2H3,(H,18,20). The van der Waals surface area contributed by atoms with Gasteiger partial charge in [-0.15, -0.1) is 0 Å². The van der Waals surface area contributed by atoms with E-state index in [1.54, 1.807) is 48.3 Å². The molecule has 0 spiro atoms. The molecule has 1 aromatic carbocycles. The Balaban J connectivity index is 1.85. The van der Waals surface area contributed by atoms with Crippen LogP contribution in [-0.4, -0.2) is 37.5 Å². The van der Waals surface area contributed by atoms with Gasteiger partial charge in [0.1, 0.15) is 5.76 Å². The summed E-state index contributed by atoms with van der Waals surface area (Å²) in [5, 5.41) is 3.38. The number of hydrogen-bond donors (Lipinski definition) is 1. The Hall–Kier alpha value is -2.31. The Bertz CT molecular complexity index is 682. The Morgan fingerprint density at radius 3 is 2.57 bits per heavy atom. The zero-order chi connectivity index (χ0) is 16.8. The molecule has 0 saturated carbocycles. The molecule has 2 rings (SSSR count). The van der Waals surface area contributed by atoms with Gasteiger partial charge < -0.3 is 14.5 Å². The molecule has 1 amide bonds. The van der Waals surface area contributed by atoms with E-state index in [0.717, 1.165) is 0 Å². The van der Waals surface area contributed by atoms with Crippen molar-refractivity contribution >= 4 is 29.2 Å².